The van der Waals surface area contributed by atoms with Crippen molar-refractivity contribution in [2.75, 3.05) is 0 Å². The van der Waals surface area contributed by atoms with Gasteiger partial charge in [0.1, 0.15) is 10.1 Å². The van der Waals surface area contributed by atoms with Crippen LogP contribution in [0.2, 0.25) is 0 Å². The summed E-state index contributed by atoms with van der Waals surface area (Å²) in [6, 6.07) is 6.05. The summed E-state index contributed by atoms with van der Waals surface area (Å²) in [6.07, 6.45) is 0. The molecule has 2 aromatic rings. The number of nitrogens with zero attached hydrogens (tertiary/aromatic N) is 1. The van der Waals surface area contributed by atoms with Crippen molar-refractivity contribution in [3.63, 3.8) is 0 Å². The number of rotatable bonds is 4. The Hall–Kier alpha value is 1.78. The van der Waals surface area contributed by atoms with Crippen molar-refractivity contribution in [3.05, 3.63) is 29.8 Å². The quantitative estimate of drug-likeness (QED) is 0.157. The largest absolute Gasteiger partial charge is 1.00 e. The van der Waals surface area contributed by atoms with Gasteiger partial charge in [0.25, 0.3) is 0 Å². The molecule has 0 N–H and O–H groups in total. The molecule has 0 spiro atoms. The molecule has 1 heterocycles. The zero-order chi connectivity index (χ0) is 17.7. The normalized spacial score (nSPS) is 15.0. The van der Waals surface area contributed by atoms with Crippen molar-refractivity contribution < 1.29 is 130 Å². The second-order valence-corrected chi connectivity index (χ2v) is 8.09. The van der Waals surface area contributed by atoms with Gasteiger partial charge in [-0.1, -0.05) is 19.9 Å². The van der Waals surface area contributed by atoms with E-state index in [1.165, 1.54) is 6.07 Å². The topological polar surface area (TPSA) is 111 Å². The van der Waals surface area contributed by atoms with Crippen LogP contribution in [-0.2, 0) is 24.9 Å². The van der Waals surface area contributed by atoms with E-state index in [4.69, 9.17) is 0 Å². The summed E-state index contributed by atoms with van der Waals surface area (Å²) in [5.74, 6) is 0. The molecule has 3 rings (SSSR count). The smallest absolute Gasteiger partial charge is 0.744 e. The molecule has 0 unspecified atom stereocenters. The molecule has 1 aliphatic rings. The third-order valence-electron chi connectivity index (χ3n) is 4.31. The van der Waals surface area contributed by atoms with Gasteiger partial charge in [-0.25, -0.2) is 8.42 Å². The minimum Gasteiger partial charge on any atom is -0.744 e. The SMILES string of the molecule is CC1=Nc2ccc3c(SOO[O-])cc(S(=O)(=O)[O-])cc3c2C1(C)C.[K+].[K+]. The summed E-state index contributed by atoms with van der Waals surface area (Å²) < 4.78 is 38.8. The Kier molecular flexibility index (Phi) is 9.66. The fraction of sp³-hybridized carbons (Fsp3) is 0.267. The summed E-state index contributed by atoms with van der Waals surface area (Å²) in [7, 11) is -4.69. The predicted molar refractivity (Wildman–Crippen MR) is 85.7 cm³/mol. The maximum absolute atomic E-state index is 11.5. The summed E-state index contributed by atoms with van der Waals surface area (Å²) >= 11 is 0.551. The van der Waals surface area contributed by atoms with Crippen LogP contribution in [0.4, 0.5) is 5.69 Å². The van der Waals surface area contributed by atoms with Gasteiger partial charge >= 0.3 is 103 Å². The zero-order valence-electron chi connectivity index (χ0n) is 15.0. The standard InChI is InChI=1S/C15H15NO6S2.2K/c1-8-15(2,3)14-11-6-9(24(18,19)20)7-13(23-22-21-17)10(11)4-5-12(14)16-8;;/h4-7,17H,1-3H3,(H,18,19,20);;/q;2*+1/p-2. The van der Waals surface area contributed by atoms with E-state index in [2.05, 4.69) is 14.4 Å². The van der Waals surface area contributed by atoms with Gasteiger partial charge in [0.2, 0.25) is 0 Å². The van der Waals surface area contributed by atoms with Crippen LogP contribution in [0.25, 0.3) is 10.8 Å². The third-order valence-corrected chi connectivity index (χ3v) is 5.76. The van der Waals surface area contributed by atoms with Gasteiger partial charge < -0.3 is 9.81 Å². The molecule has 11 heteroatoms. The van der Waals surface area contributed by atoms with Gasteiger partial charge in [-0.3, -0.25) is 10.0 Å². The number of hydrogen-bond acceptors (Lipinski definition) is 8. The molecule has 0 fully saturated rings. The summed E-state index contributed by atoms with van der Waals surface area (Å²) in [5, 5.41) is 14.7. The van der Waals surface area contributed by atoms with Crippen molar-refractivity contribution in [1.82, 2.24) is 0 Å². The first-order chi connectivity index (χ1) is 11.2. The van der Waals surface area contributed by atoms with E-state index in [1.807, 2.05) is 26.8 Å². The monoisotopic (exact) mass is 445 g/mol. The van der Waals surface area contributed by atoms with E-state index in [1.54, 1.807) is 6.07 Å². The molecule has 0 saturated carbocycles. The molecule has 128 valence electrons. The van der Waals surface area contributed by atoms with Gasteiger partial charge in [0, 0.05) is 16.0 Å². The number of benzene rings is 2. The van der Waals surface area contributed by atoms with E-state index in [-0.39, 0.29) is 103 Å². The van der Waals surface area contributed by atoms with Crippen molar-refractivity contribution in [2.45, 2.75) is 36.0 Å². The fourth-order valence-electron chi connectivity index (χ4n) is 2.88. The third kappa shape index (κ3) is 4.91. The maximum Gasteiger partial charge on any atom is 1.00 e. The Morgan fingerprint density at radius 1 is 1.15 bits per heavy atom. The Bertz CT molecular complexity index is 976. The van der Waals surface area contributed by atoms with Crippen LogP contribution in [0.3, 0.4) is 0 Å². The molecule has 0 aromatic heterocycles. The molecule has 0 aliphatic carbocycles. The van der Waals surface area contributed by atoms with Gasteiger partial charge in [0.05, 0.1) is 22.6 Å². The van der Waals surface area contributed by atoms with E-state index in [0.29, 0.717) is 27.7 Å². The summed E-state index contributed by atoms with van der Waals surface area (Å²) in [5.41, 5.74) is 2.02. The van der Waals surface area contributed by atoms with E-state index < -0.39 is 20.4 Å². The minimum absolute atomic E-state index is 0. The van der Waals surface area contributed by atoms with Crippen LogP contribution < -0.4 is 108 Å². The summed E-state index contributed by atoms with van der Waals surface area (Å²) in [6.45, 7) is 5.84. The van der Waals surface area contributed by atoms with Crippen molar-refractivity contribution in [2.24, 2.45) is 4.99 Å². The number of fused-ring (bicyclic) bond motifs is 3. The Morgan fingerprint density at radius 2 is 1.81 bits per heavy atom. The van der Waals surface area contributed by atoms with Crippen LogP contribution in [0.1, 0.15) is 26.3 Å². The first-order valence-corrected chi connectivity index (χ1v) is 9.07. The van der Waals surface area contributed by atoms with Crippen LogP contribution >= 0.6 is 12.0 Å². The van der Waals surface area contributed by atoms with Crippen molar-refractivity contribution >= 4 is 44.3 Å². The average Bonchev–Trinajstić information content (AvgIpc) is 2.73. The molecular weight excluding hydrogens is 432 g/mol. The van der Waals surface area contributed by atoms with Gasteiger partial charge in [-0.15, -0.1) is 0 Å². The molecule has 2 aromatic carbocycles. The van der Waals surface area contributed by atoms with E-state index in [9.17, 15) is 18.2 Å². The Morgan fingerprint density at radius 3 is 2.38 bits per heavy atom. The molecular formula is C15H13K2NO6S2. The first-order valence-electron chi connectivity index (χ1n) is 6.92. The molecule has 0 radical (unpaired) electrons. The molecule has 0 bridgehead atoms. The maximum atomic E-state index is 11.5. The van der Waals surface area contributed by atoms with Crippen LogP contribution in [-0.4, -0.2) is 18.7 Å². The second-order valence-electron chi connectivity index (χ2n) is 5.97. The van der Waals surface area contributed by atoms with E-state index in [0.717, 1.165) is 23.0 Å². The zero-order valence-corrected chi connectivity index (χ0v) is 22.9. The van der Waals surface area contributed by atoms with E-state index >= 15 is 0 Å². The van der Waals surface area contributed by atoms with Crippen molar-refractivity contribution in [1.29, 1.82) is 0 Å². The molecule has 0 atom stereocenters. The van der Waals surface area contributed by atoms with Gasteiger partial charge in [0.15, 0.2) is 0 Å². The Labute approximate surface area is 241 Å². The van der Waals surface area contributed by atoms with Crippen LogP contribution in [0, 0.1) is 0 Å². The molecule has 26 heavy (non-hydrogen) atoms. The van der Waals surface area contributed by atoms with Gasteiger partial charge in [-0.2, -0.15) is 4.33 Å². The van der Waals surface area contributed by atoms with Gasteiger partial charge in [-0.05, 0) is 41.5 Å². The average molecular weight is 446 g/mol. The molecule has 7 nitrogen and oxygen atoms in total. The first kappa shape index (κ1) is 25.8. The van der Waals surface area contributed by atoms with Crippen molar-refractivity contribution in [3.8, 4) is 0 Å². The second kappa shape index (κ2) is 9.73. The molecule has 0 amide bonds. The minimum atomic E-state index is -4.69. The van der Waals surface area contributed by atoms with Crippen LogP contribution in [0.15, 0.2) is 39.0 Å². The summed E-state index contributed by atoms with van der Waals surface area (Å²) in [4.78, 5) is 4.41. The van der Waals surface area contributed by atoms with Crippen LogP contribution in [0.5, 0.6) is 0 Å². The predicted octanol–water partition coefficient (Wildman–Crippen LogP) is -3.63. The number of hydrogen-bond donors (Lipinski definition) is 0. The fourth-order valence-corrected chi connectivity index (χ4v) is 4.02. The molecule has 0 saturated heterocycles. The number of aliphatic imine (C=N–C) groups is 1. The Balaban J connectivity index is 0.00000169. The molecule has 1 aliphatic heterocycles.